The van der Waals surface area contributed by atoms with Crippen molar-refractivity contribution < 1.29 is 14.6 Å². The van der Waals surface area contributed by atoms with E-state index in [1.54, 1.807) is 12.0 Å². The van der Waals surface area contributed by atoms with Crippen LogP contribution in [0.4, 0.5) is 0 Å². The van der Waals surface area contributed by atoms with Crippen molar-refractivity contribution in [3.05, 3.63) is 107 Å². The van der Waals surface area contributed by atoms with E-state index in [-0.39, 0.29) is 17.7 Å². The number of aryl methyl sites for hydroxylation is 1. The molecule has 0 saturated carbocycles. The highest BCUT2D eigenvalue weighted by atomic mass is 16.5. The summed E-state index contributed by atoms with van der Waals surface area (Å²) in [6.07, 6.45) is 0.716. The van der Waals surface area contributed by atoms with Crippen molar-refractivity contribution in [1.29, 1.82) is 0 Å². The summed E-state index contributed by atoms with van der Waals surface area (Å²) < 4.78 is 5.29. The van der Waals surface area contributed by atoms with Crippen molar-refractivity contribution in [3.63, 3.8) is 0 Å². The zero-order valence-corrected chi connectivity index (χ0v) is 17.2. The van der Waals surface area contributed by atoms with Gasteiger partial charge in [-0.25, -0.2) is 0 Å². The first-order valence-electron chi connectivity index (χ1n) is 10.1. The number of rotatable bonds is 6. The first-order valence-corrected chi connectivity index (χ1v) is 10.1. The van der Waals surface area contributed by atoms with Crippen LogP contribution >= 0.6 is 0 Å². The van der Waals surface area contributed by atoms with Gasteiger partial charge in [0.05, 0.1) is 13.2 Å². The summed E-state index contributed by atoms with van der Waals surface area (Å²) in [5, 5.41) is 10.8. The van der Waals surface area contributed by atoms with E-state index in [0.717, 1.165) is 28.0 Å². The van der Waals surface area contributed by atoms with Crippen molar-refractivity contribution in [3.8, 4) is 5.75 Å². The fourth-order valence-electron chi connectivity index (χ4n) is 3.94. The topological polar surface area (TPSA) is 49.8 Å². The van der Waals surface area contributed by atoms with Crippen LogP contribution in [0.2, 0.25) is 0 Å². The summed E-state index contributed by atoms with van der Waals surface area (Å²) in [6.45, 7) is 2.53. The Balaban J connectivity index is 1.73. The van der Waals surface area contributed by atoms with Gasteiger partial charge in [0.25, 0.3) is 5.91 Å². The van der Waals surface area contributed by atoms with E-state index in [1.165, 1.54) is 0 Å². The third kappa shape index (κ3) is 3.81. The molecule has 0 radical (unpaired) electrons. The monoisotopic (exact) mass is 399 g/mol. The second-order valence-corrected chi connectivity index (χ2v) is 7.54. The Bertz CT molecular complexity index is 1050. The van der Waals surface area contributed by atoms with Crippen molar-refractivity contribution >= 4 is 11.5 Å². The number of amides is 1. The van der Waals surface area contributed by atoms with Crippen molar-refractivity contribution in [2.45, 2.75) is 19.4 Å². The van der Waals surface area contributed by atoms with Crippen LogP contribution in [-0.4, -0.2) is 29.6 Å². The van der Waals surface area contributed by atoms with Gasteiger partial charge in [-0.15, -0.1) is 0 Å². The second kappa shape index (κ2) is 8.46. The number of carbonyl (C=O) groups is 1. The molecule has 0 fully saturated rings. The van der Waals surface area contributed by atoms with E-state index >= 15 is 0 Å². The normalized spacial score (nSPS) is 16.3. The van der Waals surface area contributed by atoms with Gasteiger partial charge in [-0.3, -0.25) is 4.79 Å². The number of benzene rings is 3. The Morgan fingerprint density at radius 2 is 1.60 bits per heavy atom. The Kier molecular flexibility index (Phi) is 5.57. The predicted molar refractivity (Wildman–Crippen MR) is 118 cm³/mol. The first kappa shape index (κ1) is 19.8. The van der Waals surface area contributed by atoms with E-state index in [2.05, 4.69) is 12.1 Å². The molecule has 0 unspecified atom stereocenters. The van der Waals surface area contributed by atoms with Gasteiger partial charge < -0.3 is 14.7 Å². The maximum Gasteiger partial charge on any atom is 0.289 e. The lowest BCUT2D eigenvalue weighted by Crippen LogP contribution is -2.32. The summed E-state index contributed by atoms with van der Waals surface area (Å²) >= 11 is 0. The molecule has 152 valence electrons. The molecule has 0 saturated heterocycles. The van der Waals surface area contributed by atoms with Gasteiger partial charge in [0.1, 0.15) is 5.75 Å². The zero-order valence-electron chi connectivity index (χ0n) is 17.2. The summed E-state index contributed by atoms with van der Waals surface area (Å²) in [7, 11) is 1.63. The Hall–Kier alpha value is -3.53. The van der Waals surface area contributed by atoms with Crippen LogP contribution in [0.25, 0.3) is 5.57 Å². The van der Waals surface area contributed by atoms with Gasteiger partial charge in [0.15, 0.2) is 5.76 Å². The fourth-order valence-corrected chi connectivity index (χ4v) is 3.94. The lowest BCUT2D eigenvalue weighted by atomic mass is 9.93. The minimum absolute atomic E-state index is 0.173. The lowest BCUT2D eigenvalue weighted by Gasteiger charge is -2.27. The number of aliphatic hydroxyl groups excluding tert-OH is 1. The van der Waals surface area contributed by atoms with Crippen LogP contribution in [0.15, 0.2) is 84.6 Å². The Labute approximate surface area is 177 Å². The number of aliphatic hydroxyl groups is 1. The average Bonchev–Trinajstić information content (AvgIpc) is 3.04. The standard InChI is InChI=1S/C26H25NO3/c1-18-8-10-20(11-9-18)23-24(21-12-14-22(30-2)15-13-21)27(26(29)25(23)28)17-16-19-6-4-3-5-7-19/h3-15,24,28H,16-17H2,1-2H3/t24-/m1/s1. The van der Waals surface area contributed by atoms with Gasteiger partial charge in [0.2, 0.25) is 0 Å². The van der Waals surface area contributed by atoms with Gasteiger partial charge in [-0.1, -0.05) is 72.3 Å². The summed E-state index contributed by atoms with van der Waals surface area (Å²) in [5.74, 6) is 0.249. The largest absolute Gasteiger partial charge is 0.503 e. The van der Waals surface area contributed by atoms with E-state index in [4.69, 9.17) is 4.74 Å². The van der Waals surface area contributed by atoms with Gasteiger partial charge in [-0.05, 0) is 42.2 Å². The highest BCUT2D eigenvalue weighted by Gasteiger charge is 2.40. The van der Waals surface area contributed by atoms with E-state index < -0.39 is 0 Å². The molecule has 0 aromatic heterocycles. The number of ether oxygens (including phenoxy) is 1. The molecular formula is C26H25NO3. The smallest absolute Gasteiger partial charge is 0.289 e. The Morgan fingerprint density at radius 1 is 0.933 bits per heavy atom. The molecule has 1 atom stereocenters. The molecule has 1 aliphatic rings. The van der Waals surface area contributed by atoms with Crippen LogP contribution < -0.4 is 4.74 Å². The van der Waals surface area contributed by atoms with Crippen LogP contribution in [0.5, 0.6) is 5.75 Å². The van der Waals surface area contributed by atoms with Crippen molar-refractivity contribution in [2.24, 2.45) is 0 Å². The van der Waals surface area contributed by atoms with Gasteiger partial charge in [-0.2, -0.15) is 0 Å². The highest BCUT2D eigenvalue weighted by molar-refractivity contribution is 6.05. The lowest BCUT2D eigenvalue weighted by molar-refractivity contribution is -0.129. The number of hydrogen-bond donors (Lipinski definition) is 1. The number of nitrogens with zero attached hydrogens (tertiary/aromatic N) is 1. The third-order valence-electron chi connectivity index (χ3n) is 5.58. The molecule has 1 aliphatic heterocycles. The molecule has 0 spiro atoms. The van der Waals surface area contributed by atoms with Crippen LogP contribution in [0, 0.1) is 6.92 Å². The minimum Gasteiger partial charge on any atom is -0.503 e. The van der Waals surface area contributed by atoms with Crippen molar-refractivity contribution in [2.75, 3.05) is 13.7 Å². The summed E-state index contributed by atoms with van der Waals surface area (Å²) in [6, 6.07) is 25.3. The average molecular weight is 399 g/mol. The fraction of sp³-hybridized carbons (Fsp3) is 0.192. The Morgan fingerprint density at radius 3 is 2.23 bits per heavy atom. The first-order chi connectivity index (χ1) is 14.6. The quantitative estimate of drug-likeness (QED) is 0.627. The molecule has 1 N–H and O–H groups in total. The maximum atomic E-state index is 13.1. The molecule has 0 aliphatic carbocycles. The summed E-state index contributed by atoms with van der Waals surface area (Å²) in [5.41, 5.74) is 4.73. The molecule has 3 aromatic rings. The molecule has 4 nitrogen and oxygen atoms in total. The molecule has 30 heavy (non-hydrogen) atoms. The van der Waals surface area contributed by atoms with E-state index in [1.807, 2.05) is 73.7 Å². The predicted octanol–water partition coefficient (Wildman–Crippen LogP) is 5.10. The van der Waals surface area contributed by atoms with E-state index in [0.29, 0.717) is 18.5 Å². The molecule has 3 aromatic carbocycles. The zero-order chi connectivity index (χ0) is 21.1. The van der Waals surface area contributed by atoms with Crippen molar-refractivity contribution in [1.82, 2.24) is 4.90 Å². The second-order valence-electron chi connectivity index (χ2n) is 7.54. The number of hydrogen-bond acceptors (Lipinski definition) is 3. The molecule has 1 heterocycles. The van der Waals surface area contributed by atoms with E-state index in [9.17, 15) is 9.90 Å². The summed E-state index contributed by atoms with van der Waals surface area (Å²) in [4.78, 5) is 14.8. The molecule has 1 amide bonds. The number of carbonyl (C=O) groups excluding carboxylic acids is 1. The SMILES string of the molecule is COc1ccc([C@@H]2C(c3ccc(C)cc3)=C(O)C(=O)N2CCc2ccccc2)cc1. The van der Waals surface area contributed by atoms with Gasteiger partial charge >= 0.3 is 0 Å². The third-order valence-corrected chi connectivity index (χ3v) is 5.58. The van der Waals surface area contributed by atoms with Crippen LogP contribution in [0.3, 0.4) is 0 Å². The molecular weight excluding hydrogens is 374 g/mol. The van der Waals surface area contributed by atoms with Gasteiger partial charge in [0, 0.05) is 12.1 Å². The minimum atomic E-state index is -0.352. The van der Waals surface area contributed by atoms with Crippen LogP contribution in [0.1, 0.15) is 28.3 Å². The molecule has 0 bridgehead atoms. The number of methoxy groups -OCH3 is 1. The maximum absolute atomic E-state index is 13.1. The highest BCUT2D eigenvalue weighted by Crippen LogP contribution is 2.43. The molecule has 4 rings (SSSR count). The van der Waals surface area contributed by atoms with Crippen LogP contribution in [-0.2, 0) is 11.2 Å². The molecule has 4 heteroatoms.